The molecule has 0 unspecified atom stereocenters. The number of aromatic nitrogens is 2. The van der Waals surface area contributed by atoms with Crippen molar-refractivity contribution in [2.75, 3.05) is 21.1 Å². The zero-order valence-corrected chi connectivity index (χ0v) is 20.2. The molecule has 25 heavy (non-hydrogen) atoms. The van der Waals surface area contributed by atoms with Crippen molar-refractivity contribution < 1.29 is 14.4 Å². The summed E-state index contributed by atoms with van der Waals surface area (Å²) in [6, 6.07) is 3.57. The van der Waals surface area contributed by atoms with Crippen LogP contribution in [0.2, 0.25) is 10.6 Å². The van der Waals surface area contributed by atoms with E-state index in [-0.39, 0.29) is 58.4 Å². The smallest absolute Gasteiger partial charge is 0.107 e. The molecule has 0 aromatic carbocycles. The summed E-state index contributed by atoms with van der Waals surface area (Å²) in [4.78, 5) is 19.4. The molecular weight excluding hydrogens is 567 g/mol. The number of rotatable bonds is 10. The average Bonchev–Trinajstić information content (AvgIpc) is 2.86. The first-order valence-electron chi connectivity index (χ1n) is 7.40. The van der Waals surface area contributed by atoms with Crippen molar-refractivity contribution in [1.82, 2.24) is 9.97 Å². The maximum Gasteiger partial charge on any atom is -0.107 e. The number of carbonyl (C=O) groups is 1. The average molecular weight is 589 g/mol. The van der Waals surface area contributed by atoms with Crippen LogP contribution in [0.1, 0.15) is 18.5 Å². The Balaban J connectivity index is 0.00000576. The number of carboxylic acids is 1. The Morgan fingerprint density at radius 3 is 2.28 bits per heavy atom. The third-order valence-electron chi connectivity index (χ3n) is 3.23. The zero-order chi connectivity index (χ0) is 18.2. The molecule has 0 aliphatic carbocycles. The van der Waals surface area contributed by atoms with Gasteiger partial charge in [0.05, 0.1) is 0 Å². The Hall–Kier alpha value is -0.611. The molecule has 0 aliphatic rings. The molecule has 1 rings (SSSR count). The Morgan fingerprint density at radius 1 is 1.24 bits per heavy atom. The predicted octanol–water partition coefficient (Wildman–Crippen LogP) is -1.28. The fourth-order valence-electron chi connectivity index (χ4n) is 1.95. The number of nitriles is 2. The van der Waals surface area contributed by atoms with E-state index >= 15 is 0 Å². The number of aliphatic carboxylic acids is 1. The summed E-state index contributed by atoms with van der Waals surface area (Å²) >= 11 is 0.130. The second-order valence-corrected chi connectivity index (χ2v) is 10.6. The zero-order valence-electron chi connectivity index (χ0n) is 14.4. The van der Waals surface area contributed by atoms with Crippen LogP contribution in [-0.4, -0.2) is 77.5 Å². The van der Waals surface area contributed by atoms with Gasteiger partial charge in [0.15, 0.2) is 0 Å². The number of quaternary nitrogens is 1. The van der Waals surface area contributed by atoms with Crippen molar-refractivity contribution in [2.45, 2.75) is 35.9 Å². The maximum atomic E-state index is 11.5. The van der Waals surface area contributed by atoms with E-state index in [4.69, 9.17) is 10.5 Å². The van der Waals surface area contributed by atoms with Crippen LogP contribution in [0.15, 0.2) is 0 Å². The van der Waals surface area contributed by atoms with E-state index in [9.17, 15) is 9.90 Å². The van der Waals surface area contributed by atoms with Crippen LogP contribution in [0.25, 0.3) is 0 Å². The second kappa shape index (κ2) is 11.9. The summed E-state index contributed by atoms with van der Waals surface area (Å²) in [5, 5.41) is 30.4. The Kier molecular flexibility index (Phi) is 11.6. The van der Waals surface area contributed by atoms with E-state index < -0.39 is 12.0 Å². The third-order valence-corrected chi connectivity index (χ3v) is 7.23. The molecule has 0 bridgehead atoms. The van der Waals surface area contributed by atoms with E-state index in [1.165, 1.54) is 0 Å². The van der Waals surface area contributed by atoms with Crippen molar-refractivity contribution >= 4 is 69.2 Å². The van der Waals surface area contributed by atoms with Gasteiger partial charge < -0.3 is 0 Å². The van der Waals surface area contributed by atoms with E-state index in [2.05, 4.69) is 22.1 Å². The Bertz CT molecular complexity index is 646. The van der Waals surface area contributed by atoms with Crippen LogP contribution < -0.4 is 14.4 Å². The maximum absolute atomic E-state index is 11.5. The van der Waals surface area contributed by atoms with Gasteiger partial charge in [0.1, 0.15) is 0 Å². The van der Waals surface area contributed by atoms with Crippen LogP contribution in [0.5, 0.6) is 0 Å². The number of carboxylic acid groups (broad SMARTS) is 1. The van der Waals surface area contributed by atoms with Gasteiger partial charge in [-0.1, -0.05) is 0 Å². The summed E-state index contributed by atoms with van der Waals surface area (Å²) in [7, 11) is 5.47. The first-order chi connectivity index (χ1) is 11.3. The van der Waals surface area contributed by atoms with Gasteiger partial charge in [-0.2, -0.15) is 0 Å². The molecule has 1 aromatic rings. The molecule has 0 fully saturated rings. The van der Waals surface area contributed by atoms with Crippen LogP contribution in [0, 0.1) is 22.7 Å². The summed E-state index contributed by atoms with van der Waals surface area (Å²) in [5.41, 5.74) is 0.768. The number of carbonyl (C=O) groups excluding carboxylic acids is 1. The molecule has 7 nitrogen and oxygen atoms in total. The molecule has 0 amide bonds. The van der Waals surface area contributed by atoms with Gasteiger partial charge >= 0.3 is 155 Å². The molecule has 0 saturated carbocycles. The van der Waals surface area contributed by atoms with Gasteiger partial charge in [0.25, 0.3) is 0 Å². The normalized spacial score (nSPS) is 11.9. The Labute approximate surface area is 178 Å². The number of aromatic amines is 1. The van der Waals surface area contributed by atoms with E-state index in [1.54, 1.807) is 0 Å². The molecule has 138 valence electrons. The van der Waals surface area contributed by atoms with E-state index in [0.29, 0.717) is 19.3 Å². The molecule has 0 aliphatic heterocycles. The standard InChI is InChI=1S/C15H21N5O2Se2.HI/c1-20(2,3)12(14(21)22)10-11-13(23-8-4-6-16)19-15(18-11)24-9-5-7-17;/h12H,4-5,8-10H2,1-3H3,(H-,18,19,21,22);1H/t12-;/m0./s1. The van der Waals surface area contributed by atoms with E-state index in [1.807, 2.05) is 21.1 Å². The molecule has 10 heteroatoms. The predicted molar refractivity (Wildman–Crippen MR) is 105 cm³/mol. The van der Waals surface area contributed by atoms with Crippen molar-refractivity contribution in [1.29, 1.82) is 10.5 Å². The number of imidazole rings is 1. The molecule has 0 saturated heterocycles. The number of halogens is 1. The number of hydrogen-bond donors (Lipinski definition) is 1. The molecule has 1 atom stereocenters. The Morgan fingerprint density at radius 2 is 1.80 bits per heavy atom. The monoisotopic (exact) mass is 591 g/mol. The van der Waals surface area contributed by atoms with Crippen molar-refractivity contribution in [3.8, 4) is 12.1 Å². The van der Waals surface area contributed by atoms with Gasteiger partial charge in [-0.25, -0.2) is 0 Å². The summed E-state index contributed by atoms with van der Waals surface area (Å²) in [5.74, 6) is -1.09. The van der Waals surface area contributed by atoms with Gasteiger partial charge in [-0.3, -0.25) is 0 Å². The van der Waals surface area contributed by atoms with Gasteiger partial charge in [0.2, 0.25) is 0 Å². The largest absolute Gasteiger partial charge is 0.107 e. The SMILES string of the molecule is C[N+](C)(C)[C@@H](Cc1nc([Se]CCC#N)[nH]c1[Se]CCC#N)C(=O)[O-].I. The van der Waals surface area contributed by atoms with Crippen LogP contribution in [-0.2, 0) is 11.2 Å². The second-order valence-electron chi connectivity index (χ2n) is 5.99. The number of likely N-dealkylation sites (N-methyl/N-ethyl adjacent to an activating group) is 1. The molecule has 0 radical (unpaired) electrons. The minimum atomic E-state index is -1.09. The molecule has 1 aromatic heterocycles. The van der Waals surface area contributed by atoms with Gasteiger partial charge in [-0.15, -0.1) is 24.0 Å². The number of nitrogens with one attached hydrogen (secondary N) is 1. The first-order valence-corrected chi connectivity index (χ1v) is 11.5. The number of hydrogen-bond acceptors (Lipinski definition) is 5. The molecule has 1 heterocycles. The van der Waals surface area contributed by atoms with E-state index in [0.717, 1.165) is 25.6 Å². The van der Waals surface area contributed by atoms with Crippen LogP contribution in [0.4, 0.5) is 0 Å². The first kappa shape index (κ1) is 24.4. The molecular formula is C15H22IN5O2Se2. The summed E-state index contributed by atoms with van der Waals surface area (Å²) in [6.45, 7) is 0. The van der Waals surface area contributed by atoms with Crippen molar-refractivity contribution in [3.63, 3.8) is 0 Å². The van der Waals surface area contributed by atoms with Gasteiger partial charge in [0, 0.05) is 0 Å². The number of nitrogens with zero attached hydrogens (tertiary/aromatic N) is 4. The fourth-order valence-corrected chi connectivity index (χ4v) is 5.62. The topological polar surface area (TPSA) is 116 Å². The summed E-state index contributed by atoms with van der Waals surface area (Å²) < 4.78 is 2.07. The van der Waals surface area contributed by atoms with Gasteiger partial charge in [-0.05, 0) is 0 Å². The van der Waals surface area contributed by atoms with Crippen LogP contribution >= 0.6 is 24.0 Å². The van der Waals surface area contributed by atoms with Crippen LogP contribution in [0.3, 0.4) is 0 Å². The quantitative estimate of drug-likeness (QED) is 0.158. The third kappa shape index (κ3) is 8.54. The van der Waals surface area contributed by atoms with Crippen molar-refractivity contribution in [3.05, 3.63) is 5.69 Å². The minimum absolute atomic E-state index is 0. The minimum Gasteiger partial charge on any atom is -0.107 e. The van der Waals surface area contributed by atoms with Crippen molar-refractivity contribution in [2.24, 2.45) is 0 Å². The summed E-state index contributed by atoms with van der Waals surface area (Å²) in [6.07, 6.45) is 1.28. The molecule has 1 N–H and O–H groups in total. The number of H-pyrrole nitrogens is 1. The molecule has 0 spiro atoms. The fraction of sp³-hybridized carbons (Fsp3) is 0.600.